The van der Waals surface area contributed by atoms with E-state index in [-0.39, 0.29) is 11.0 Å². The molecular formula is C16H22N2S. The molecule has 0 aliphatic carbocycles. The number of nitrogens with zero attached hydrogens (tertiary/aromatic N) is 1. The highest BCUT2D eigenvalue weighted by Gasteiger charge is 2.30. The van der Waals surface area contributed by atoms with Crippen LogP contribution in [-0.2, 0) is 11.0 Å². The van der Waals surface area contributed by atoms with Gasteiger partial charge in [-0.3, -0.25) is 0 Å². The summed E-state index contributed by atoms with van der Waals surface area (Å²) in [6.45, 7) is 10.1. The number of rotatable bonds is 1. The van der Waals surface area contributed by atoms with Crippen molar-refractivity contribution in [2.75, 3.05) is 6.54 Å². The van der Waals surface area contributed by atoms with Gasteiger partial charge in [-0.05, 0) is 44.0 Å². The van der Waals surface area contributed by atoms with Gasteiger partial charge in [-0.2, -0.15) is 0 Å². The number of benzene rings is 1. The van der Waals surface area contributed by atoms with E-state index in [2.05, 4.69) is 51.2 Å². The van der Waals surface area contributed by atoms with E-state index in [0.717, 1.165) is 12.1 Å². The van der Waals surface area contributed by atoms with Crippen molar-refractivity contribution in [1.29, 1.82) is 0 Å². The first kappa shape index (κ1) is 13.1. The lowest BCUT2D eigenvalue weighted by Gasteiger charge is -2.24. The molecule has 1 aromatic heterocycles. The van der Waals surface area contributed by atoms with Crippen LogP contribution in [0.2, 0.25) is 0 Å². The van der Waals surface area contributed by atoms with Crippen LogP contribution in [0.25, 0.3) is 10.2 Å². The zero-order valence-electron chi connectivity index (χ0n) is 12.2. The van der Waals surface area contributed by atoms with Gasteiger partial charge < -0.3 is 5.32 Å². The molecular weight excluding hydrogens is 252 g/mol. The van der Waals surface area contributed by atoms with Crippen LogP contribution >= 0.6 is 11.3 Å². The fraction of sp³-hybridized carbons (Fsp3) is 0.562. The molecule has 102 valence electrons. The second-order valence-electron chi connectivity index (χ2n) is 6.81. The Bertz CT molecular complexity index is 601. The fourth-order valence-electron chi connectivity index (χ4n) is 2.73. The molecule has 1 atom stereocenters. The maximum Gasteiger partial charge on any atom is 0.0992 e. The number of hydrogen-bond acceptors (Lipinski definition) is 3. The number of fused-ring (bicyclic) bond motifs is 1. The molecule has 1 fully saturated rings. The maximum absolute atomic E-state index is 4.77. The smallest absolute Gasteiger partial charge is 0.0992 e. The van der Waals surface area contributed by atoms with Crippen molar-refractivity contribution in [3.63, 3.8) is 0 Å². The van der Waals surface area contributed by atoms with Crippen molar-refractivity contribution in [2.45, 2.75) is 51.5 Å². The highest BCUT2D eigenvalue weighted by molar-refractivity contribution is 7.18. The minimum Gasteiger partial charge on any atom is -0.308 e. The van der Waals surface area contributed by atoms with Crippen molar-refractivity contribution in [2.24, 2.45) is 0 Å². The fourth-order valence-corrected chi connectivity index (χ4v) is 3.79. The number of thiazole rings is 1. The Kier molecular flexibility index (Phi) is 2.95. The highest BCUT2D eigenvalue weighted by atomic mass is 32.1. The molecule has 3 rings (SSSR count). The summed E-state index contributed by atoms with van der Waals surface area (Å²) in [5, 5.41) is 4.86. The van der Waals surface area contributed by atoms with E-state index in [1.165, 1.54) is 28.1 Å². The summed E-state index contributed by atoms with van der Waals surface area (Å²) >= 11 is 1.84. The molecule has 1 aliphatic heterocycles. The summed E-state index contributed by atoms with van der Waals surface area (Å²) in [4.78, 5) is 4.77. The van der Waals surface area contributed by atoms with Crippen LogP contribution in [0, 0.1) is 0 Å². The molecule has 0 bridgehead atoms. The Balaban J connectivity index is 2.06. The molecule has 0 amide bonds. The van der Waals surface area contributed by atoms with Crippen LogP contribution in [0.15, 0.2) is 18.2 Å². The molecule has 0 saturated carbocycles. The molecule has 2 nitrogen and oxygen atoms in total. The maximum atomic E-state index is 4.77. The van der Waals surface area contributed by atoms with Crippen LogP contribution in [0.5, 0.6) is 0 Å². The van der Waals surface area contributed by atoms with Crippen molar-refractivity contribution in [3.8, 4) is 0 Å². The molecule has 1 N–H and O–H groups in total. The highest BCUT2D eigenvalue weighted by Crippen LogP contribution is 2.36. The number of hydrogen-bond donors (Lipinski definition) is 1. The minimum atomic E-state index is 0.138. The SMILES string of the molecule is CC(C)(C)c1nc2ccc(C3(C)CCCN3)cc2s1. The number of nitrogens with one attached hydrogen (secondary N) is 1. The van der Waals surface area contributed by atoms with Crippen LogP contribution in [0.3, 0.4) is 0 Å². The van der Waals surface area contributed by atoms with Crippen LogP contribution in [0.4, 0.5) is 0 Å². The molecule has 2 aromatic rings. The summed E-state index contributed by atoms with van der Waals surface area (Å²) in [5.41, 5.74) is 2.83. The van der Waals surface area contributed by atoms with Gasteiger partial charge in [0.1, 0.15) is 0 Å². The van der Waals surface area contributed by atoms with Crippen molar-refractivity contribution >= 4 is 21.6 Å². The van der Waals surface area contributed by atoms with Crippen LogP contribution in [-0.4, -0.2) is 11.5 Å². The third-order valence-electron chi connectivity index (χ3n) is 4.04. The molecule has 1 aliphatic rings. The van der Waals surface area contributed by atoms with Gasteiger partial charge in [0.25, 0.3) is 0 Å². The zero-order valence-corrected chi connectivity index (χ0v) is 13.0. The molecule has 0 spiro atoms. The van der Waals surface area contributed by atoms with E-state index in [0.29, 0.717) is 0 Å². The van der Waals surface area contributed by atoms with E-state index < -0.39 is 0 Å². The van der Waals surface area contributed by atoms with E-state index >= 15 is 0 Å². The van der Waals surface area contributed by atoms with E-state index in [1.807, 2.05) is 11.3 Å². The Hall–Kier alpha value is -0.930. The normalized spacial score (nSPS) is 24.2. The van der Waals surface area contributed by atoms with Crippen molar-refractivity contribution in [1.82, 2.24) is 10.3 Å². The average Bonchev–Trinajstić information content (AvgIpc) is 2.93. The standard InChI is InChI=1S/C16H22N2S/c1-15(2,3)14-18-12-7-6-11(10-13(12)19-14)16(4)8-5-9-17-16/h6-7,10,17H,5,8-9H2,1-4H3. The quantitative estimate of drug-likeness (QED) is 0.843. The van der Waals surface area contributed by atoms with E-state index in [1.54, 1.807) is 0 Å². The van der Waals surface area contributed by atoms with E-state index in [4.69, 9.17) is 4.98 Å². The van der Waals surface area contributed by atoms with E-state index in [9.17, 15) is 0 Å². The molecule has 19 heavy (non-hydrogen) atoms. The van der Waals surface area contributed by atoms with Crippen molar-refractivity contribution in [3.05, 3.63) is 28.8 Å². The van der Waals surface area contributed by atoms with Crippen LogP contribution < -0.4 is 5.32 Å². The van der Waals surface area contributed by atoms with Gasteiger partial charge in [0.15, 0.2) is 0 Å². The summed E-state index contributed by atoms with van der Waals surface area (Å²) < 4.78 is 1.32. The molecule has 1 saturated heterocycles. The largest absolute Gasteiger partial charge is 0.308 e. The Morgan fingerprint density at radius 2 is 2.11 bits per heavy atom. The first-order valence-corrected chi connectivity index (χ1v) is 7.87. The van der Waals surface area contributed by atoms with Crippen molar-refractivity contribution < 1.29 is 0 Å². The topological polar surface area (TPSA) is 24.9 Å². The zero-order chi connectivity index (χ0) is 13.7. The van der Waals surface area contributed by atoms with Gasteiger partial charge in [-0.1, -0.05) is 26.8 Å². The lowest BCUT2D eigenvalue weighted by Crippen LogP contribution is -2.32. The van der Waals surface area contributed by atoms with Gasteiger partial charge in [0.2, 0.25) is 0 Å². The van der Waals surface area contributed by atoms with Gasteiger partial charge >= 0.3 is 0 Å². The Labute approximate surface area is 119 Å². The molecule has 0 radical (unpaired) electrons. The number of aromatic nitrogens is 1. The molecule has 1 aromatic carbocycles. The first-order chi connectivity index (χ1) is 8.88. The predicted octanol–water partition coefficient (Wildman–Crippen LogP) is 4.19. The van der Waals surface area contributed by atoms with Gasteiger partial charge in [0.05, 0.1) is 15.2 Å². The van der Waals surface area contributed by atoms with Gasteiger partial charge in [0, 0.05) is 11.0 Å². The summed E-state index contributed by atoms with van der Waals surface area (Å²) in [6.07, 6.45) is 2.49. The predicted molar refractivity (Wildman–Crippen MR) is 82.9 cm³/mol. The first-order valence-electron chi connectivity index (χ1n) is 7.05. The second kappa shape index (κ2) is 4.29. The van der Waals surface area contributed by atoms with Crippen LogP contribution in [0.1, 0.15) is 51.1 Å². The third-order valence-corrected chi connectivity index (χ3v) is 5.48. The second-order valence-corrected chi connectivity index (χ2v) is 7.84. The van der Waals surface area contributed by atoms with Gasteiger partial charge in [-0.25, -0.2) is 4.98 Å². The molecule has 3 heteroatoms. The minimum absolute atomic E-state index is 0.138. The molecule has 2 heterocycles. The monoisotopic (exact) mass is 274 g/mol. The summed E-state index contributed by atoms with van der Waals surface area (Å²) in [5.74, 6) is 0. The Morgan fingerprint density at radius 1 is 1.32 bits per heavy atom. The lowest BCUT2D eigenvalue weighted by atomic mass is 9.90. The molecule has 1 unspecified atom stereocenters. The Morgan fingerprint density at radius 3 is 2.74 bits per heavy atom. The average molecular weight is 274 g/mol. The summed E-state index contributed by atoms with van der Waals surface area (Å²) in [6, 6.07) is 6.76. The third kappa shape index (κ3) is 2.30. The lowest BCUT2D eigenvalue weighted by molar-refractivity contribution is 0.435. The summed E-state index contributed by atoms with van der Waals surface area (Å²) in [7, 11) is 0. The van der Waals surface area contributed by atoms with Gasteiger partial charge in [-0.15, -0.1) is 11.3 Å².